The fourth-order valence-corrected chi connectivity index (χ4v) is 2.12. The van der Waals surface area contributed by atoms with Crippen molar-refractivity contribution >= 4 is 21.9 Å². The van der Waals surface area contributed by atoms with E-state index in [1.165, 1.54) is 6.07 Å². The molecule has 0 atom stereocenters. The topological polar surface area (TPSA) is 39.1 Å². The molecule has 1 N–H and O–H groups in total. The Hall–Kier alpha value is -1.40. The molecule has 0 saturated heterocycles. The highest BCUT2D eigenvalue weighted by Gasteiger charge is 2.09. The zero-order valence-corrected chi connectivity index (χ0v) is 13.1. The van der Waals surface area contributed by atoms with Gasteiger partial charge in [-0.25, -0.2) is 9.37 Å². The molecule has 0 unspecified atom stereocenters. The molecule has 0 fully saturated rings. The van der Waals surface area contributed by atoms with Crippen LogP contribution in [0.5, 0.6) is 0 Å². The molecule has 2 aromatic rings. The van der Waals surface area contributed by atoms with E-state index in [1.54, 1.807) is 13.2 Å². The molecule has 108 valence electrons. The molecule has 0 aliphatic carbocycles. The largest absolute Gasteiger partial charge is 0.385 e. The van der Waals surface area contributed by atoms with Crippen LogP contribution in [-0.4, -0.2) is 29.8 Å². The van der Waals surface area contributed by atoms with Crippen molar-refractivity contribution in [2.45, 2.75) is 13.3 Å². The predicted molar refractivity (Wildman–Crippen MR) is 80.9 cm³/mol. The molecule has 6 heteroatoms. The van der Waals surface area contributed by atoms with Gasteiger partial charge >= 0.3 is 0 Å². The second kappa shape index (κ2) is 6.85. The molecule has 0 saturated carbocycles. The molecule has 0 spiro atoms. The Morgan fingerprint density at radius 3 is 2.95 bits per heavy atom. The molecule has 1 aromatic carbocycles. The van der Waals surface area contributed by atoms with Gasteiger partial charge in [0.1, 0.15) is 5.82 Å². The van der Waals surface area contributed by atoms with Crippen LogP contribution in [0.3, 0.4) is 0 Å². The van der Waals surface area contributed by atoms with E-state index < -0.39 is 0 Å². The van der Waals surface area contributed by atoms with E-state index >= 15 is 0 Å². The number of halogens is 2. The summed E-state index contributed by atoms with van der Waals surface area (Å²) in [6.07, 6.45) is 2.76. The summed E-state index contributed by atoms with van der Waals surface area (Å²) in [6.45, 7) is 3.36. The number of anilines is 1. The Balaban J connectivity index is 2.20. The van der Waals surface area contributed by atoms with Crippen LogP contribution in [-0.2, 0) is 4.74 Å². The summed E-state index contributed by atoms with van der Waals surface area (Å²) >= 11 is 3.16. The van der Waals surface area contributed by atoms with Crippen molar-refractivity contribution in [3.05, 3.63) is 40.4 Å². The number of hydrogen-bond donors (Lipinski definition) is 1. The number of benzene rings is 1. The minimum atomic E-state index is -0.292. The van der Waals surface area contributed by atoms with Gasteiger partial charge in [-0.05, 0) is 47.5 Å². The molecular weight excluding hydrogens is 325 g/mol. The third-order valence-corrected chi connectivity index (χ3v) is 3.46. The molecule has 0 radical (unpaired) electrons. The first-order valence-corrected chi connectivity index (χ1v) is 7.15. The molecule has 1 heterocycles. The van der Waals surface area contributed by atoms with E-state index in [0.29, 0.717) is 17.0 Å². The van der Waals surface area contributed by atoms with Gasteiger partial charge in [0.15, 0.2) is 0 Å². The van der Waals surface area contributed by atoms with Crippen molar-refractivity contribution < 1.29 is 9.13 Å². The van der Waals surface area contributed by atoms with Gasteiger partial charge in [0.2, 0.25) is 5.95 Å². The van der Waals surface area contributed by atoms with E-state index in [1.807, 2.05) is 23.8 Å². The summed E-state index contributed by atoms with van der Waals surface area (Å²) in [5.41, 5.74) is 1.61. The molecule has 0 aliphatic heterocycles. The highest BCUT2D eigenvalue weighted by atomic mass is 79.9. The molecule has 0 bridgehead atoms. The molecule has 2 rings (SSSR count). The molecule has 0 amide bonds. The number of nitrogens with zero attached hydrogens (tertiary/aromatic N) is 2. The Morgan fingerprint density at radius 2 is 2.25 bits per heavy atom. The predicted octanol–water partition coefficient (Wildman–Crippen LogP) is 3.53. The lowest BCUT2D eigenvalue weighted by molar-refractivity contribution is 0.197. The van der Waals surface area contributed by atoms with Gasteiger partial charge in [-0.3, -0.25) is 4.57 Å². The summed E-state index contributed by atoms with van der Waals surface area (Å²) in [6, 6.07) is 5.01. The maximum Gasteiger partial charge on any atom is 0.207 e. The fraction of sp³-hybridized carbons (Fsp3) is 0.357. The first-order valence-electron chi connectivity index (χ1n) is 6.36. The van der Waals surface area contributed by atoms with Crippen molar-refractivity contribution in [1.82, 2.24) is 9.55 Å². The van der Waals surface area contributed by atoms with Crippen molar-refractivity contribution in [3.8, 4) is 5.69 Å². The lowest BCUT2D eigenvalue weighted by Gasteiger charge is -2.10. The number of aromatic nitrogens is 2. The summed E-state index contributed by atoms with van der Waals surface area (Å²) < 4.78 is 20.9. The van der Waals surface area contributed by atoms with Crippen LogP contribution in [0, 0.1) is 12.7 Å². The third kappa shape index (κ3) is 3.58. The summed E-state index contributed by atoms with van der Waals surface area (Å²) in [7, 11) is 1.68. The maximum absolute atomic E-state index is 13.6. The highest BCUT2D eigenvalue weighted by molar-refractivity contribution is 9.10. The van der Waals surface area contributed by atoms with Crippen LogP contribution in [0.2, 0.25) is 0 Å². The average molecular weight is 342 g/mol. The van der Waals surface area contributed by atoms with Crippen molar-refractivity contribution in [2.24, 2.45) is 0 Å². The van der Waals surface area contributed by atoms with Gasteiger partial charge in [0.05, 0.1) is 15.9 Å². The Bertz CT molecular complexity index is 586. The standard InChI is InChI=1S/C14H17BrFN3O/c1-10-9-19(11-4-5-12(15)13(16)8-11)14(18-10)17-6-3-7-20-2/h4-5,8-9H,3,6-7H2,1-2H3,(H,17,18). The summed E-state index contributed by atoms with van der Waals surface area (Å²) in [5.74, 6) is 0.416. The minimum Gasteiger partial charge on any atom is -0.385 e. The highest BCUT2D eigenvalue weighted by Crippen LogP contribution is 2.22. The molecule has 0 aliphatic rings. The zero-order chi connectivity index (χ0) is 14.5. The lowest BCUT2D eigenvalue weighted by Crippen LogP contribution is -2.09. The number of rotatable bonds is 6. The number of hydrogen-bond acceptors (Lipinski definition) is 3. The fourth-order valence-electron chi connectivity index (χ4n) is 1.87. The number of ether oxygens (including phenoxy) is 1. The normalized spacial score (nSPS) is 10.8. The summed E-state index contributed by atoms with van der Waals surface area (Å²) in [5, 5.41) is 3.24. The molecule has 4 nitrogen and oxygen atoms in total. The monoisotopic (exact) mass is 341 g/mol. The van der Waals surface area contributed by atoms with Crippen LogP contribution < -0.4 is 5.32 Å². The number of nitrogens with one attached hydrogen (secondary N) is 1. The lowest BCUT2D eigenvalue weighted by atomic mass is 10.3. The summed E-state index contributed by atoms with van der Waals surface area (Å²) in [4.78, 5) is 4.41. The van der Waals surface area contributed by atoms with E-state index in [4.69, 9.17) is 4.74 Å². The van der Waals surface area contributed by atoms with Gasteiger partial charge in [-0.15, -0.1) is 0 Å². The number of imidazole rings is 1. The van der Waals surface area contributed by atoms with Crippen molar-refractivity contribution in [1.29, 1.82) is 0 Å². The van der Waals surface area contributed by atoms with E-state index in [-0.39, 0.29) is 5.82 Å². The van der Waals surface area contributed by atoms with Crippen molar-refractivity contribution in [2.75, 3.05) is 25.6 Å². The van der Waals surface area contributed by atoms with Gasteiger partial charge < -0.3 is 10.1 Å². The Morgan fingerprint density at radius 1 is 1.45 bits per heavy atom. The van der Waals surface area contributed by atoms with Gasteiger partial charge in [0.25, 0.3) is 0 Å². The number of aryl methyl sites for hydroxylation is 1. The second-order valence-corrected chi connectivity index (χ2v) is 5.30. The van der Waals surface area contributed by atoms with Crippen molar-refractivity contribution in [3.63, 3.8) is 0 Å². The SMILES string of the molecule is COCCCNc1nc(C)cn1-c1ccc(Br)c(F)c1. The van der Waals surface area contributed by atoms with Crippen LogP contribution >= 0.6 is 15.9 Å². The van der Waals surface area contributed by atoms with Crippen LogP contribution in [0.1, 0.15) is 12.1 Å². The second-order valence-electron chi connectivity index (χ2n) is 4.45. The minimum absolute atomic E-state index is 0.292. The van der Waals surface area contributed by atoms with Crippen LogP contribution in [0.25, 0.3) is 5.69 Å². The third-order valence-electron chi connectivity index (χ3n) is 2.82. The first kappa shape index (κ1) is 15.0. The molecule has 20 heavy (non-hydrogen) atoms. The molecular formula is C14H17BrFN3O. The van der Waals surface area contributed by atoms with Gasteiger partial charge in [0, 0.05) is 26.5 Å². The first-order chi connectivity index (χ1) is 9.61. The van der Waals surface area contributed by atoms with Crippen LogP contribution in [0.15, 0.2) is 28.9 Å². The van der Waals surface area contributed by atoms with E-state index in [9.17, 15) is 4.39 Å². The van der Waals surface area contributed by atoms with E-state index in [2.05, 4.69) is 26.2 Å². The maximum atomic E-state index is 13.6. The average Bonchev–Trinajstić information content (AvgIpc) is 2.79. The molecule has 1 aromatic heterocycles. The quantitative estimate of drug-likeness (QED) is 0.817. The van der Waals surface area contributed by atoms with E-state index in [0.717, 1.165) is 24.3 Å². The Labute approximate surface area is 126 Å². The van der Waals surface area contributed by atoms with Gasteiger partial charge in [-0.1, -0.05) is 0 Å². The number of methoxy groups -OCH3 is 1. The van der Waals surface area contributed by atoms with Crippen LogP contribution in [0.4, 0.5) is 10.3 Å². The Kier molecular flexibility index (Phi) is 5.14. The smallest absolute Gasteiger partial charge is 0.207 e. The zero-order valence-electron chi connectivity index (χ0n) is 11.5. The van der Waals surface area contributed by atoms with Gasteiger partial charge in [-0.2, -0.15) is 0 Å².